The zero-order chi connectivity index (χ0) is 26.8. The molecule has 0 fully saturated rings. The van der Waals surface area contributed by atoms with Gasteiger partial charge in [0.25, 0.3) is 0 Å². The fourth-order valence-electron chi connectivity index (χ4n) is 4.73. The lowest BCUT2D eigenvalue weighted by Crippen LogP contribution is -2.41. The fraction of sp³-hybridized carbons (Fsp3) is 0.606. The summed E-state index contributed by atoms with van der Waals surface area (Å²) in [6, 6.07) is 18.7. The number of aryl methyl sites for hydroxylation is 1. The highest BCUT2D eigenvalue weighted by Gasteiger charge is 2.22. The molecule has 0 aliphatic carbocycles. The van der Waals surface area contributed by atoms with Crippen molar-refractivity contribution in [3.63, 3.8) is 0 Å². The lowest BCUT2D eigenvalue weighted by Gasteiger charge is -2.30. The number of para-hydroxylation sites is 1. The molecule has 0 radical (unpaired) electrons. The molecule has 0 N–H and O–H groups in total. The van der Waals surface area contributed by atoms with Crippen molar-refractivity contribution in [3.8, 4) is 5.75 Å². The molecule has 0 aliphatic heterocycles. The predicted octanol–water partition coefficient (Wildman–Crippen LogP) is 8.47. The number of unbranched alkanes of at least 4 members (excludes halogenated alkanes) is 8. The lowest BCUT2D eigenvalue weighted by atomic mass is 10.0. The summed E-state index contributed by atoms with van der Waals surface area (Å²) in [5, 5.41) is 0. The van der Waals surface area contributed by atoms with Crippen LogP contribution in [0.4, 0.5) is 0 Å². The van der Waals surface area contributed by atoms with E-state index in [1.54, 1.807) is 0 Å². The first-order chi connectivity index (χ1) is 17.9. The first-order valence-corrected chi connectivity index (χ1v) is 14.7. The normalized spacial score (nSPS) is 12.3. The highest BCUT2D eigenvalue weighted by atomic mass is 16.7. The molecule has 206 valence electrons. The van der Waals surface area contributed by atoms with Gasteiger partial charge in [0.05, 0.1) is 27.1 Å². The molecule has 0 aromatic heterocycles. The molecule has 0 heterocycles. The number of hydrogen-bond acceptors (Lipinski definition) is 3. The van der Waals surface area contributed by atoms with Crippen LogP contribution in [0.15, 0.2) is 54.6 Å². The van der Waals surface area contributed by atoms with E-state index in [0.717, 1.165) is 36.2 Å². The number of esters is 1. The molecule has 0 spiro atoms. The average Bonchev–Trinajstić information content (AvgIpc) is 2.88. The van der Waals surface area contributed by atoms with E-state index in [9.17, 15) is 4.79 Å². The Morgan fingerprint density at radius 1 is 0.784 bits per heavy atom. The molecule has 0 amide bonds. The molecule has 2 aromatic carbocycles. The van der Waals surface area contributed by atoms with Gasteiger partial charge in [-0.15, -0.1) is 0 Å². The van der Waals surface area contributed by atoms with Crippen LogP contribution in [0.2, 0.25) is 0 Å². The zero-order valence-electron chi connectivity index (χ0n) is 24.1. The second-order valence-corrected chi connectivity index (χ2v) is 11.1. The van der Waals surface area contributed by atoms with Crippen LogP contribution < -0.4 is 4.74 Å². The van der Waals surface area contributed by atoms with Gasteiger partial charge in [0.15, 0.2) is 0 Å². The number of quaternary nitrogens is 1. The van der Waals surface area contributed by atoms with Crippen molar-refractivity contribution >= 4 is 5.97 Å². The van der Waals surface area contributed by atoms with Crippen molar-refractivity contribution in [1.29, 1.82) is 0 Å². The van der Waals surface area contributed by atoms with Gasteiger partial charge in [-0.05, 0) is 30.9 Å². The van der Waals surface area contributed by atoms with E-state index in [-0.39, 0.29) is 5.97 Å². The van der Waals surface area contributed by atoms with Crippen LogP contribution in [-0.2, 0) is 22.5 Å². The minimum absolute atomic E-state index is 0.186. The third-order valence-corrected chi connectivity index (χ3v) is 6.94. The summed E-state index contributed by atoms with van der Waals surface area (Å²) in [5.74, 6) is 0.669. The van der Waals surface area contributed by atoms with E-state index in [1.807, 2.05) is 18.2 Å². The first-order valence-electron chi connectivity index (χ1n) is 14.7. The number of nitrogens with zero attached hydrogens (tertiary/aromatic N) is 1. The van der Waals surface area contributed by atoms with Gasteiger partial charge in [-0.3, -0.25) is 4.79 Å². The van der Waals surface area contributed by atoms with Crippen LogP contribution in [0.1, 0.15) is 102 Å². The SMILES string of the molecule is CCCCCCCCCCCc1ccccc1OC(CCC)OC(=O)CC[N+](C)(C)Cc1ccccc1. The highest BCUT2D eigenvalue weighted by molar-refractivity contribution is 5.69. The monoisotopic (exact) mass is 510 g/mol. The van der Waals surface area contributed by atoms with E-state index < -0.39 is 6.29 Å². The Morgan fingerprint density at radius 3 is 2.08 bits per heavy atom. The Morgan fingerprint density at radius 2 is 1.41 bits per heavy atom. The molecule has 37 heavy (non-hydrogen) atoms. The van der Waals surface area contributed by atoms with Gasteiger partial charge in [-0.2, -0.15) is 0 Å². The van der Waals surface area contributed by atoms with Crippen LogP contribution in [0, 0.1) is 0 Å². The fourth-order valence-corrected chi connectivity index (χ4v) is 4.73. The highest BCUT2D eigenvalue weighted by Crippen LogP contribution is 2.24. The third-order valence-electron chi connectivity index (χ3n) is 6.94. The Balaban J connectivity index is 1.79. The summed E-state index contributed by atoms with van der Waals surface area (Å²) in [5.41, 5.74) is 2.49. The molecule has 0 saturated carbocycles. The quantitative estimate of drug-likeness (QED) is 0.0775. The van der Waals surface area contributed by atoms with Crippen LogP contribution in [0.3, 0.4) is 0 Å². The molecule has 4 nitrogen and oxygen atoms in total. The molecule has 1 atom stereocenters. The number of benzene rings is 2. The number of carbonyl (C=O) groups excluding carboxylic acids is 1. The summed E-state index contributed by atoms with van der Waals surface area (Å²) < 4.78 is 12.8. The van der Waals surface area contributed by atoms with Gasteiger partial charge in [0.2, 0.25) is 6.29 Å². The number of rotatable bonds is 20. The Hall–Kier alpha value is -2.33. The third kappa shape index (κ3) is 13.7. The van der Waals surface area contributed by atoms with Crippen molar-refractivity contribution in [2.24, 2.45) is 0 Å². The van der Waals surface area contributed by atoms with Crippen LogP contribution in [-0.4, -0.2) is 37.4 Å². The van der Waals surface area contributed by atoms with Gasteiger partial charge < -0.3 is 14.0 Å². The molecule has 2 aromatic rings. The van der Waals surface area contributed by atoms with Crippen LogP contribution in [0.25, 0.3) is 0 Å². The maximum absolute atomic E-state index is 12.7. The maximum Gasteiger partial charge on any atom is 0.314 e. The standard InChI is InChI=1S/C33H52NO3/c1-5-7-8-9-10-11-12-13-17-23-30-24-18-19-25-31(30)36-33(20-6-2)37-32(35)26-27-34(3,4)28-29-21-15-14-16-22-29/h14-16,18-19,21-22,24-25,33H,5-13,17,20,23,26-28H2,1-4H3/q+1. The number of carbonyl (C=O) groups is 1. The summed E-state index contributed by atoms with van der Waals surface area (Å²) in [6.45, 7) is 5.97. The second kappa shape index (κ2) is 18.0. The summed E-state index contributed by atoms with van der Waals surface area (Å²) >= 11 is 0. The molecule has 0 saturated heterocycles. The summed E-state index contributed by atoms with van der Waals surface area (Å²) in [7, 11) is 4.31. The van der Waals surface area contributed by atoms with Crippen molar-refractivity contribution in [2.45, 2.75) is 110 Å². The molecule has 2 rings (SSSR count). The van der Waals surface area contributed by atoms with E-state index >= 15 is 0 Å². The largest absolute Gasteiger partial charge is 0.455 e. The van der Waals surface area contributed by atoms with E-state index in [2.05, 4.69) is 64.3 Å². The Kier molecular flexibility index (Phi) is 15.0. The molecular formula is C33H52NO3+. The smallest absolute Gasteiger partial charge is 0.314 e. The topological polar surface area (TPSA) is 35.5 Å². The molecule has 0 aliphatic rings. The molecular weight excluding hydrogens is 458 g/mol. The molecule has 0 bridgehead atoms. The number of hydrogen-bond donors (Lipinski definition) is 0. The second-order valence-electron chi connectivity index (χ2n) is 11.1. The Labute approximate surface area is 227 Å². The predicted molar refractivity (Wildman–Crippen MR) is 155 cm³/mol. The van der Waals surface area contributed by atoms with Crippen molar-refractivity contribution in [3.05, 3.63) is 65.7 Å². The van der Waals surface area contributed by atoms with Gasteiger partial charge in [0.1, 0.15) is 12.3 Å². The van der Waals surface area contributed by atoms with E-state index in [4.69, 9.17) is 9.47 Å². The van der Waals surface area contributed by atoms with Crippen molar-refractivity contribution < 1.29 is 18.8 Å². The first kappa shape index (κ1) is 30.9. The molecule has 1 unspecified atom stereocenters. The Bertz CT molecular complexity index is 865. The van der Waals surface area contributed by atoms with E-state index in [0.29, 0.717) is 12.8 Å². The molecule has 4 heteroatoms. The van der Waals surface area contributed by atoms with Gasteiger partial charge in [-0.25, -0.2) is 0 Å². The average molecular weight is 511 g/mol. The minimum Gasteiger partial charge on any atom is -0.455 e. The van der Waals surface area contributed by atoms with Gasteiger partial charge >= 0.3 is 5.97 Å². The van der Waals surface area contributed by atoms with Crippen LogP contribution >= 0.6 is 0 Å². The van der Waals surface area contributed by atoms with Gasteiger partial charge in [0, 0.05) is 12.0 Å². The summed E-state index contributed by atoms with van der Waals surface area (Å²) in [4.78, 5) is 12.7. The minimum atomic E-state index is -0.536. The van der Waals surface area contributed by atoms with E-state index in [1.165, 1.54) is 68.9 Å². The van der Waals surface area contributed by atoms with Crippen molar-refractivity contribution in [1.82, 2.24) is 0 Å². The van der Waals surface area contributed by atoms with Crippen LogP contribution in [0.5, 0.6) is 5.75 Å². The zero-order valence-corrected chi connectivity index (χ0v) is 24.1. The summed E-state index contributed by atoms with van der Waals surface area (Å²) in [6.07, 6.45) is 14.3. The van der Waals surface area contributed by atoms with Crippen molar-refractivity contribution in [2.75, 3.05) is 20.6 Å². The number of ether oxygens (including phenoxy) is 2. The lowest BCUT2D eigenvalue weighted by molar-refractivity contribution is -0.903. The van der Waals surface area contributed by atoms with Gasteiger partial charge in [-0.1, -0.05) is 114 Å². The maximum atomic E-state index is 12.7.